The molecule has 2 aromatic rings. The minimum absolute atomic E-state index is 0.0537. The van der Waals surface area contributed by atoms with Crippen molar-refractivity contribution in [3.63, 3.8) is 0 Å². The Bertz CT molecular complexity index is 557. The van der Waals surface area contributed by atoms with Crippen LogP contribution in [0.1, 0.15) is 11.6 Å². The van der Waals surface area contributed by atoms with Gasteiger partial charge in [-0.25, -0.2) is 8.78 Å². The zero-order valence-electron chi connectivity index (χ0n) is 9.95. The van der Waals surface area contributed by atoms with Gasteiger partial charge in [-0.2, -0.15) is 0 Å². The van der Waals surface area contributed by atoms with Crippen LogP contribution in [0.2, 0.25) is 0 Å². The lowest BCUT2D eigenvalue weighted by molar-refractivity contribution is 0.538. The lowest BCUT2D eigenvalue weighted by Crippen LogP contribution is -2.16. The third-order valence-corrected chi connectivity index (χ3v) is 4.77. The fourth-order valence-corrected chi connectivity index (χ4v) is 3.22. The second kappa shape index (κ2) is 6.50. The zero-order valence-corrected chi connectivity index (χ0v) is 12.3. The molecule has 0 aliphatic heterocycles. The van der Waals surface area contributed by atoms with E-state index in [1.807, 2.05) is 24.3 Å². The van der Waals surface area contributed by atoms with Crippen molar-refractivity contribution in [3.05, 3.63) is 64.1 Å². The second-order valence-corrected chi connectivity index (χ2v) is 5.90. The van der Waals surface area contributed by atoms with Gasteiger partial charge in [-0.15, -0.1) is 11.8 Å². The van der Waals surface area contributed by atoms with Crippen LogP contribution in [0.3, 0.4) is 0 Å². The molecular formula is C14H12BrF2NS. The van der Waals surface area contributed by atoms with Crippen LogP contribution < -0.4 is 5.73 Å². The summed E-state index contributed by atoms with van der Waals surface area (Å²) < 4.78 is 28.1. The van der Waals surface area contributed by atoms with Crippen molar-refractivity contribution < 1.29 is 8.78 Å². The number of halogens is 3. The molecule has 0 saturated carbocycles. The Hall–Kier alpha value is -0.910. The van der Waals surface area contributed by atoms with Gasteiger partial charge >= 0.3 is 0 Å². The highest BCUT2D eigenvalue weighted by Gasteiger charge is 2.16. The van der Waals surface area contributed by atoms with E-state index in [0.29, 0.717) is 5.75 Å². The molecule has 100 valence electrons. The molecule has 5 heteroatoms. The molecule has 0 bridgehead atoms. The van der Waals surface area contributed by atoms with Crippen LogP contribution in [0.15, 0.2) is 51.8 Å². The molecule has 0 saturated heterocycles. The van der Waals surface area contributed by atoms with Crippen LogP contribution in [0, 0.1) is 11.6 Å². The van der Waals surface area contributed by atoms with E-state index in [0.717, 1.165) is 9.37 Å². The first-order valence-electron chi connectivity index (χ1n) is 5.66. The molecule has 2 rings (SSSR count). The lowest BCUT2D eigenvalue weighted by atomic mass is 10.1. The maximum Gasteiger partial charge on any atom is 0.130 e. The average Bonchev–Trinajstić information content (AvgIpc) is 2.37. The first kappa shape index (κ1) is 14.5. The molecule has 0 heterocycles. The van der Waals surface area contributed by atoms with Crippen molar-refractivity contribution in [2.45, 2.75) is 10.9 Å². The molecule has 2 N–H and O–H groups in total. The zero-order chi connectivity index (χ0) is 13.8. The summed E-state index contributed by atoms with van der Waals surface area (Å²) in [6, 6.07) is 10.8. The van der Waals surface area contributed by atoms with Crippen LogP contribution in [-0.4, -0.2) is 5.75 Å². The van der Waals surface area contributed by atoms with Crippen LogP contribution in [0.4, 0.5) is 8.78 Å². The maximum atomic E-state index is 13.6. The quantitative estimate of drug-likeness (QED) is 0.826. The fraction of sp³-hybridized carbons (Fsp3) is 0.143. The normalized spacial score (nSPS) is 12.4. The van der Waals surface area contributed by atoms with Crippen LogP contribution in [-0.2, 0) is 0 Å². The lowest BCUT2D eigenvalue weighted by Gasteiger charge is -2.14. The van der Waals surface area contributed by atoms with Crippen LogP contribution in [0.25, 0.3) is 0 Å². The Kier molecular flexibility index (Phi) is 4.96. The number of hydrogen-bond acceptors (Lipinski definition) is 2. The smallest absolute Gasteiger partial charge is 0.130 e. The predicted molar refractivity (Wildman–Crippen MR) is 78.2 cm³/mol. The fourth-order valence-electron chi connectivity index (χ4n) is 1.69. The largest absolute Gasteiger partial charge is 0.323 e. The van der Waals surface area contributed by atoms with E-state index in [9.17, 15) is 8.78 Å². The molecule has 0 radical (unpaired) electrons. The highest BCUT2D eigenvalue weighted by molar-refractivity contribution is 9.10. The second-order valence-electron chi connectivity index (χ2n) is 3.98. The van der Waals surface area contributed by atoms with Crippen molar-refractivity contribution in [3.8, 4) is 0 Å². The standard InChI is InChI=1S/C14H12BrF2NS/c15-9-4-1-2-7-13(9)19-8-12(18)14-10(16)5-3-6-11(14)17/h1-7,12H,8,18H2. The summed E-state index contributed by atoms with van der Waals surface area (Å²) in [5, 5.41) is 0. The minimum Gasteiger partial charge on any atom is -0.323 e. The van der Waals surface area contributed by atoms with Crippen molar-refractivity contribution in [1.29, 1.82) is 0 Å². The van der Waals surface area contributed by atoms with Crippen LogP contribution >= 0.6 is 27.7 Å². The van der Waals surface area contributed by atoms with E-state index in [4.69, 9.17) is 5.73 Å². The number of nitrogens with two attached hydrogens (primary N) is 1. The maximum absolute atomic E-state index is 13.6. The van der Waals surface area contributed by atoms with Crippen molar-refractivity contribution in [2.75, 3.05) is 5.75 Å². The van der Waals surface area contributed by atoms with E-state index in [2.05, 4.69) is 15.9 Å². The minimum atomic E-state index is -0.682. The van der Waals surface area contributed by atoms with Gasteiger partial charge in [-0.3, -0.25) is 0 Å². The molecular weight excluding hydrogens is 332 g/mol. The summed E-state index contributed by atoms with van der Waals surface area (Å²) in [4.78, 5) is 0.995. The number of rotatable bonds is 4. The third kappa shape index (κ3) is 3.55. The summed E-state index contributed by atoms with van der Waals surface area (Å²) in [7, 11) is 0. The Morgan fingerprint density at radius 3 is 2.32 bits per heavy atom. The number of thioether (sulfide) groups is 1. The van der Waals surface area contributed by atoms with E-state index < -0.39 is 17.7 Å². The summed E-state index contributed by atoms with van der Waals surface area (Å²) in [5.41, 5.74) is 5.82. The average molecular weight is 344 g/mol. The summed E-state index contributed by atoms with van der Waals surface area (Å²) in [5.74, 6) is -0.791. The summed E-state index contributed by atoms with van der Waals surface area (Å²) in [6.07, 6.45) is 0. The molecule has 1 atom stereocenters. The van der Waals surface area contributed by atoms with E-state index in [1.165, 1.54) is 30.0 Å². The van der Waals surface area contributed by atoms with Crippen molar-refractivity contribution in [2.24, 2.45) is 5.73 Å². The molecule has 0 aliphatic rings. The Balaban J connectivity index is 2.10. The SMILES string of the molecule is NC(CSc1ccccc1Br)c1c(F)cccc1F. The van der Waals surface area contributed by atoms with Gasteiger partial charge in [-0.1, -0.05) is 18.2 Å². The van der Waals surface area contributed by atoms with E-state index in [1.54, 1.807) is 0 Å². The Labute approximate surface area is 123 Å². The molecule has 1 nitrogen and oxygen atoms in total. The number of hydrogen-bond donors (Lipinski definition) is 1. The van der Waals surface area contributed by atoms with Crippen molar-refractivity contribution >= 4 is 27.7 Å². The van der Waals surface area contributed by atoms with Gasteiger partial charge in [0.25, 0.3) is 0 Å². The first-order valence-corrected chi connectivity index (χ1v) is 7.44. The Morgan fingerprint density at radius 2 is 1.68 bits per heavy atom. The topological polar surface area (TPSA) is 26.0 Å². The molecule has 0 fully saturated rings. The monoisotopic (exact) mass is 343 g/mol. The first-order chi connectivity index (χ1) is 9.09. The molecule has 0 aromatic heterocycles. The molecule has 0 spiro atoms. The van der Waals surface area contributed by atoms with Crippen LogP contribution in [0.5, 0.6) is 0 Å². The van der Waals surface area contributed by atoms with Gasteiger partial charge in [0.2, 0.25) is 0 Å². The van der Waals surface area contributed by atoms with Crippen molar-refractivity contribution in [1.82, 2.24) is 0 Å². The van der Waals surface area contributed by atoms with Gasteiger partial charge in [0.05, 0.1) is 0 Å². The van der Waals surface area contributed by atoms with Gasteiger partial charge in [0.15, 0.2) is 0 Å². The highest BCUT2D eigenvalue weighted by atomic mass is 79.9. The molecule has 19 heavy (non-hydrogen) atoms. The van der Waals surface area contributed by atoms with Gasteiger partial charge in [0, 0.05) is 26.7 Å². The van der Waals surface area contributed by atoms with Gasteiger partial charge in [0.1, 0.15) is 11.6 Å². The molecule has 2 aromatic carbocycles. The molecule has 1 unspecified atom stereocenters. The molecule has 0 aliphatic carbocycles. The Morgan fingerprint density at radius 1 is 1.05 bits per heavy atom. The van der Waals surface area contributed by atoms with Gasteiger partial charge in [-0.05, 0) is 40.2 Å². The van der Waals surface area contributed by atoms with E-state index >= 15 is 0 Å². The third-order valence-electron chi connectivity index (χ3n) is 2.63. The number of benzene rings is 2. The summed E-state index contributed by atoms with van der Waals surface area (Å²) >= 11 is 4.88. The predicted octanol–water partition coefficient (Wildman–Crippen LogP) is 4.52. The summed E-state index contributed by atoms with van der Waals surface area (Å²) in [6.45, 7) is 0. The van der Waals surface area contributed by atoms with E-state index in [-0.39, 0.29) is 5.56 Å². The highest BCUT2D eigenvalue weighted by Crippen LogP contribution is 2.30. The van der Waals surface area contributed by atoms with Gasteiger partial charge < -0.3 is 5.73 Å². The molecule has 0 amide bonds.